The van der Waals surface area contributed by atoms with Crippen molar-refractivity contribution in [2.45, 2.75) is 82.7 Å². The van der Waals surface area contributed by atoms with Crippen molar-refractivity contribution >= 4 is 23.5 Å². The summed E-state index contributed by atoms with van der Waals surface area (Å²) in [5, 5.41) is 3.05. The lowest BCUT2D eigenvalue weighted by atomic mass is 10.0. The van der Waals surface area contributed by atoms with Crippen molar-refractivity contribution in [3.63, 3.8) is 0 Å². The second-order valence-electron chi connectivity index (χ2n) is 11.2. The molecule has 3 saturated heterocycles. The van der Waals surface area contributed by atoms with Crippen LogP contribution in [-0.4, -0.2) is 95.3 Å². The van der Waals surface area contributed by atoms with Crippen molar-refractivity contribution in [1.29, 1.82) is 0 Å². The normalized spacial score (nSPS) is 22.7. The first-order valence-corrected chi connectivity index (χ1v) is 14.5. The number of hydrogen-bond acceptors (Lipinski definition) is 4. The SMILES string of the molecule is O=C(CCC(=O)N1CCC(N2CCc3ccccc3NC2=O)CC1)N1CCC(N2CCCCCC2)CC1. The number of piperidine rings is 2. The molecular weight excluding hydrogens is 466 g/mol. The molecule has 202 valence electrons. The van der Waals surface area contributed by atoms with Gasteiger partial charge in [-0.05, 0) is 69.7 Å². The van der Waals surface area contributed by atoms with Gasteiger partial charge in [0.15, 0.2) is 0 Å². The summed E-state index contributed by atoms with van der Waals surface area (Å²) in [6.07, 6.45) is 10.4. The maximum Gasteiger partial charge on any atom is 0.322 e. The number of urea groups is 1. The fourth-order valence-corrected chi connectivity index (χ4v) is 6.64. The molecule has 8 nitrogen and oxygen atoms in total. The molecule has 0 unspecified atom stereocenters. The van der Waals surface area contributed by atoms with Gasteiger partial charge in [0, 0.05) is 63.3 Å². The fourth-order valence-electron chi connectivity index (χ4n) is 6.64. The summed E-state index contributed by atoms with van der Waals surface area (Å²) < 4.78 is 0. The molecule has 0 spiro atoms. The van der Waals surface area contributed by atoms with Crippen molar-refractivity contribution in [3.8, 4) is 0 Å². The van der Waals surface area contributed by atoms with Crippen molar-refractivity contribution in [3.05, 3.63) is 29.8 Å². The highest BCUT2D eigenvalue weighted by atomic mass is 16.2. The first-order valence-electron chi connectivity index (χ1n) is 14.5. The van der Waals surface area contributed by atoms with Crippen LogP contribution in [0.2, 0.25) is 0 Å². The van der Waals surface area contributed by atoms with Crippen LogP contribution in [0.5, 0.6) is 0 Å². The van der Waals surface area contributed by atoms with E-state index >= 15 is 0 Å². The van der Waals surface area contributed by atoms with Gasteiger partial charge in [-0.1, -0.05) is 31.0 Å². The summed E-state index contributed by atoms with van der Waals surface area (Å²) in [5.41, 5.74) is 2.07. The van der Waals surface area contributed by atoms with Gasteiger partial charge in [0.2, 0.25) is 11.8 Å². The summed E-state index contributed by atoms with van der Waals surface area (Å²) in [6.45, 7) is 6.05. The Hall–Kier alpha value is -2.61. The molecule has 1 N–H and O–H groups in total. The van der Waals surface area contributed by atoms with Crippen LogP contribution in [0.1, 0.15) is 69.8 Å². The molecule has 37 heavy (non-hydrogen) atoms. The molecule has 8 heteroatoms. The average Bonchev–Trinajstić information content (AvgIpc) is 3.31. The van der Waals surface area contributed by atoms with Gasteiger partial charge in [0.25, 0.3) is 0 Å². The number of nitrogens with one attached hydrogen (secondary N) is 1. The summed E-state index contributed by atoms with van der Waals surface area (Å²) in [7, 11) is 0. The molecule has 4 heterocycles. The van der Waals surface area contributed by atoms with Crippen molar-refractivity contribution in [2.75, 3.05) is 51.1 Å². The Labute approximate surface area is 221 Å². The predicted octanol–water partition coefficient (Wildman–Crippen LogP) is 3.71. The number of para-hydroxylation sites is 1. The first-order chi connectivity index (χ1) is 18.1. The van der Waals surface area contributed by atoms with Crippen LogP contribution >= 0.6 is 0 Å². The molecular formula is C29H43N5O3. The van der Waals surface area contributed by atoms with E-state index in [0.717, 1.165) is 50.9 Å². The highest BCUT2D eigenvalue weighted by Crippen LogP contribution is 2.25. The lowest BCUT2D eigenvalue weighted by Gasteiger charge is -2.39. The van der Waals surface area contributed by atoms with E-state index in [4.69, 9.17) is 0 Å². The Balaban J connectivity index is 1.02. The molecule has 3 fully saturated rings. The number of amides is 4. The largest absolute Gasteiger partial charge is 0.343 e. The molecule has 5 rings (SSSR count). The third-order valence-electron chi connectivity index (χ3n) is 8.93. The highest BCUT2D eigenvalue weighted by Gasteiger charge is 2.32. The lowest BCUT2D eigenvalue weighted by molar-refractivity contribution is -0.138. The molecule has 4 aliphatic rings. The Bertz CT molecular complexity index is 945. The van der Waals surface area contributed by atoms with Gasteiger partial charge >= 0.3 is 6.03 Å². The van der Waals surface area contributed by atoms with Gasteiger partial charge < -0.3 is 24.9 Å². The fraction of sp³-hybridized carbons (Fsp3) is 0.690. The second-order valence-corrected chi connectivity index (χ2v) is 11.2. The van der Waals surface area contributed by atoms with E-state index in [9.17, 15) is 14.4 Å². The Morgan fingerprint density at radius 2 is 1.30 bits per heavy atom. The zero-order chi connectivity index (χ0) is 25.6. The Morgan fingerprint density at radius 3 is 1.92 bits per heavy atom. The number of likely N-dealkylation sites (tertiary alicyclic amines) is 3. The highest BCUT2D eigenvalue weighted by molar-refractivity contribution is 5.91. The van der Waals surface area contributed by atoms with Crippen LogP contribution in [0.3, 0.4) is 0 Å². The van der Waals surface area contributed by atoms with Crippen LogP contribution in [0.25, 0.3) is 0 Å². The first kappa shape index (κ1) is 26.0. The van der Waals surface area contributed by atoms with Gasteiger partial charge in [0.1, 0.15) is 0 Å². The molecule has 0 saturated carbocycles. The molecule has 0 atom stereocenters. The van der Waals surface area contributed by atoms with Gasteiger partial charge in [-0.2, -0.15) is 0 Å². The zero-order valence-electron chi connectivity index (χ0n) is 22.2. The molecule has 0 aliphatic carbocycles. The summed E-state index contributed by atoms with van der Waals surface area (Å²) in [6, 6.07) is 8.70. The van der Waals surface area contributed by atoms with E-state index < -0.39 is 0 Å². The third kappa shape index (κ3) is 6.46. The van der Waals surface area contributed by atoms with E-state index in [-0.39, 0.29) is 30.3 Å². The molecule has 1 aromatic carbocycles. The van der Waals surface area contributed by atoms with Crippen LogP contribution in [0, 0.1) is 0 Å². The summed E-state index contributed by atoms with van der Waals surface area (Å²) in [4.78, 5) is 47.0. The molecule has 4 aliphatic heterocycles. The number of benzene rings is 1. The third-order valence-corrected chi connectivity index (χ3v) is 8.93. The second kappa shape index (κ2) is 12.3. The number of carbonyl (C=O) groups excluding carboxylic acids is 3. The lowest BCUT2D eigenvalue weighted by Crippen LogP contribution is -2.50. The van der Waals surface area contributed by atoms with Crippen molar-refractivity contribution < 1.29 is 14.4 Å². The molecule has 1 aromatic rings. The van der Waals surface area contributed by atoms with Gasteiger partial charge in [-0.3, -0.25) is 9.59 Å². The quantitative estimate of drug-likeness (QED) is 0.657. The van der Waals surface area contributed by atoms with Crippen molar-refractivity contribution in [2.24, 2.45) is 0 Å². The minimum atomic E-state index is -0.0417. The maximum atomic E-state index is 12.9. The van der Waals surface area contributed by atoms with Gasteiger partial charge in [-0.15, -0.1) is 0 Å². The van der Waals surface area contributed by atoms with Crippen LogP contribution in [-0.2, 0) is 16.0 Å². The number of rotatable bonds is 5. The Morgan fingerprint density at radius 1 is 0.730 bits per heavy atom. The molecule has 0 bridgehead atoms. The van der Waals surface area contributed by atoms with E-state index in [1.807, 2.05) is 32.9 Å². The minimum Gasteiger partial charge on any atom is -0.343 e. The predicted molar refractivity (Wildman–Crippen MR) is 144 cm³/mol. The minimum absolute atomic E-state index is 0.0417. The van der Waals surface area contributed by atoms with Crippen LogP contribution in [0.4, 0.5) is 10.5 Å². The summed E-state index contributed by atoms with van der Waals surface area (Å²) in [5.74, 6) is 0.192. The number of nitrogens with zero attached hydrogens (tertiary/aromatic N) is 4. The van der Waals surface area contributed by atoms with Gasteiger partial charge in [-0.25, -0.2) is 4.79 Å². The van der Waals surface area contributed by atoms with E-state index in [0.29, 0.717) is 32.1 Å². The van der Waals surface area contributed by atoms with Gasteiger partial charge in [0.05, 0.1) is 0 Å². The van der Waals surface area contributed by atoms with E-state index in [1.54, 1.807) is 0 Å². The topological polar surface area (TPSA) is 76.2 Å². The van der Waals surface area contributed by atoms with Crippen molar-refractivity contribution in [1.82, 2.24) is 19.6 Å². The standard InChI is InChI=1S/C29H43N5O3/c35-27(32-18-12-24(13-19-32)31-16-5-1-2-6-17-31)9-10-28(36)33-20-14-25(15-21-33)34-22-11-23-7-3-4-8-26(23)30-29(34)37/h3-4,7-8,24-25H,1-2,5-6,9-22H2,(H,30,37). The number of fused-ring (bicyclic) bond motifs is 1. The summed E-state index contributed by atoms with van der Waals surface area (Å²) >= 11 is 0. The smallest absolute Gasteiger partial charge is 0.322 e. The monoisotopic (exact) mass is 509 g/mol. The number of anilines is 1. The average molecular weight is 510 g/mol. The van der Waals surface area contributed by atoms with Crippen LogP contribution < -0.4 is 5.32 Å². The van der Waals surface area contributed by atoms with E-state index in [2.05, 4.69) is 16.3 Å². The molecule has 4 amide bonds. The number of hydrogen-bond donors (Lipinski definition) is 1. The van der Waals surface area contributed by atoms with Crippen LogP contribution in [0.15, 0.2) is 24.3 Å². The molecule has 0 aromatic heterocycles. The maximum absolute atomic E-state index is 12.9. The van der Waals surface area contributed by atoms with E-state index in [1.165, 1.54) is 44.3 Å². The zero-order valence-corrected chi connectivity index (χ0v) is 22.2. The molecule has 0 radical (unpaired) electrons. The number of carbonyl (C=O) groups is 3. The Kier molecular flexibility index (Phi) is 8.64.